The number of fused-ring (bicyclic) bond motifs is 1. The number of rotatable bonds is 8. The minimum Gasteiger partial charge on any atom is -0.496 e. The van der Waals surface area contributed by atoms with Crippen LogP contribution in [0.4, 0.5) is 0 Å². The number of carboxylic acid groups (broad SMARTS) is 1. The number of methoxy groups -OCH3 is 2. The fourth-order valence-electron chi connectivity index (χ4n) is 3.69. The van der Waals surface area contributed by atoms with Crippen molar-refractivity contribution in [3.63, 3.8) is 0 Å². The maximum Gasteiger partial charge on any atom is 0.336 e. The van der Waals surface area contributed by atoms with Crippen LogP contribution in [0.2, 0.25) is 0 Å². The van der Waals surface area contributed by atoms with Crippen LogP contribution in [0.1, 0.15) is 34.3 Å². The highest BCUT2D eigenvalue weighted by molar-refractivity contribution is 6.08. The molecule has 4 N–H and O–H groups in total. The summed E-state index contributed by atoms with van der Waals surface area (Å²) in [4.78, 5) is 15.4. The standard InChI is InChI=1S/C22H26N2O4/c1-13-10-11-15(22(25)26)18-14(7-4-5-12-23)21(24-20(13)18)19-16(27-2)8-6-9-17(19)28-3/h6,8-11,24H,4-5,7,12,23H2,1-3H3,(H,25,26). The molecule has 0 unspecified atom stereocenters. The number of nitrogens with one attached hydrogen (secondary N) is 1. The number of unbranched alkanes of at least 4 members (excludes halogenated alkanes) is 1. The van der Waals surface area contributed by atoms with E-state index < -0.39 is 5.97 Å². The molecule has 0 amide bonds. The van der Waals surface area contributed by atoms with Gasteiger partial charge in [0.05, 0.1) is 31.0 Å². The van der Waals surface area contributed by atoms with Crippen molar-refractivity contribution in [2.45, 2.75) is 26.2 Å². The van der Waals surface area contributed by atoms with E-state index in [0.29, 0.717) is 30.0 Å². The van der Waals surface area contributed by atoms with Gasteiger partial charge in [0.25, 0.3) is 0 Å². The van der Waals surface area contributed by atoms with Gasteiger partial charge >= 0.3 is 5.97 Å². The SMILES string of the molecule is COc1cccc(OC)c1-c1[nH]c2c(C)ccc(C(=O)O)c2c1CCCCN. The van der Waals surface area contributed by atoms with Crippen molar-refractivity contribution < 1.29 is 19.4 Å². The molecule has 0 spiro atoms. The number of aryl methyl sites for hydroxylation is 2. The molecule has 1 aromatic heterocycles. The second kappa shape index (κ2) is 8.35. The lowest BCUT2D eigenvalue weighted by Gasteiger charge is -2.14. The van der Waals surface area contributed by atoms with Crippen LogP contribution in [0, 0.1) is 6.92 Å². The lowest BCUT2D eigenvalue weighted by atomic mass is 9.95. The lowest BCUT2D eigenvalue weighted by Crippen LogP contribution is -2.02. The molecule has 6 nitrogen and oxygen atoms in total. The largest absolute Gasteiger partial charge is 0.496 e. The Morgan fingerprint density at radius 1 is 1.11 bits per heavy atom. The highest BCUT2D eigenvalue weighted by Gasteiger charge is 2.24. The summed E-state index contributed by atoms with van der Waals surface area (Å²) >= 11 is 0. The van der Waals surface area contributed by atoms with Gasteiger partial charge in [0, 0.05) is 10.9 Å². The van der Waals surface area contributed by atoms with Crippen molar-refractivity contribution in [3.05, 3.63) is 47.0 Å². The molecule has 0 saturated carbocycles. The number of nitrogens with two attached hydrogens (primary N) is 1. The van der Waals surface area contributed by atoms with E-state index in [1.54, 1.807) is 20.3 Å². The monoisotopic (exact) mass is 382 g/mol. The highest BCUT2D eigenvalue weighted by atomic mass is 16.5. The van der Waals surface area contributed by atoms with Gasteiger partial charge in [-0.3, -0.25) is 0 Å². The number of aromatic carboxylic acids is 1. The minimum atomic E-state index is -0.942. The maximum absolute atomic E-state index is 11.9. The van der Waals surface area contributed by atoms with Gasteiger partial charge in [-0.15, -0.1) is 0 Å². The molecule has 1 heterocycles. The number of hydrogen-bond donors (Lipinski definition) is 3. The molecule has 0 radical (unpaired) electrons. The minimum absolute atomic E-state index is 0.291. The van der Waals surface area contributed by atoms with Crippen molar-refractivity contribution >= 4 is 16.9 Å². The molecule has 0 aliphatic heterocycles. The Hall–Kier alpha value is -2.99. The second-order valence-electron chi connectivity index (χ2n) is 6.75. The van der Waals surface area contributed by atoms with E-state index in [4.69, 9.17) is 15.2 Å². The smallest absolute Gasteiger partial charge is 0.336 e. The Balaban J connectivity index is 2.37. The third-order valence-electron chi connectivity index (χ3n) is 5.06. The average molecular weight is 382 g/mol. The van der Waals surface area contributed by atoms with Crippen molar-refractivity contribution in [1.82, 2.24) is 4.98 Å². The normalized spacial score (nSPS) is 11.0. The molecule has 0 fully saturated rings. The van der Waals surface area contributed by atoms with Crippen molar-refractivity contribution in [1.29, 1.82) is 0 Å². The topological polar surface area (TPSA) is 97.6 Å². The quantitative estimate of drug-likeness (QED) is 0.509. The molecule has 0 bridgehead atoms. The third-order valence-corrected chi connectivity index (χ3v) is 5.06. The van der Waals surface area contributed by atoms with E-state index in [9.17, 15) is 9.90 Å². The number of H-pyrrole nitrogens is 1. The third kappa shape index (κ3) is 3.43. The summed E-state index contributed by atoms with van der Waals surface area (Å²) in [7, 11) is 3.23. The summed E-state index contributed by atoms with van der Waals surface area (Å²) in [6, 6.07) is 9.11. The molecule has 0 atom stereocenters. The summed E-state index contributed by atoms with van der Waals surface area (Å²) in [5.41, 5.74) is 10.4. The number of carboxylic acids is 1. The highest BCUT2D eigenvalue weighted by Crippen LogP contribution is 2.43. The number of ether oxygens (including phenoxy) is 2. The second-order valence-corrected chi connectivity index (χ2v) is 6.75. The van der Waals surface area contributed by atoms with Gasteiger partial charge in [-0.2, -0.15) is 0 Å². The Labute approximate surface area is 164 Å². The molecule has 0 aliphatic carbocycles. The van der Waals surface area contributed by atoms with E-state index in [1.165, 1.54) is 0 Å². The number of hydrogen-bond acceptors (Lipinski definition) is 4. The van der Waals surface area contributed by atoms with E-state index in [-0.39, 0.29) is 0 Å². The van der Waals surface area contributed by atoms with Gasteiger partial charge in [-0.05, 0) is 62.1 Å². The summed E-state index contributed by atoms with van der Waals surface area (Å²) in [5.74, 6) is 0.392. The maximum atomic E-state index is 11.9. The first-order valence-corrected chi connectivity index (χ1v) is 9.32. The van der Waals surface area contributed by atoms with Crippen molar-refractivity contribution in [3.8, 4) is 22.8 Å². The van der Waals surface area contributed by atoms with Gasteiger partial charge in [-0.1, -0.05) is 12.1 Å². The average Bonchev–Trinajstić information content (AvgIpc) is 3.07. The van der Waals surface area contributed by atoms with Crippen LogP contribution in [0.25, 0.3) is 22.2 Å². The van der Waals surface area contributed by atoms with Crippen molar-refractivity contribution in [2.75, 3.05) is 20.8 Å². The van der Waals surface area contributed by atoms with Crippen LogP contribution in [0.5, 0.6) is 11.5 Å². The molecule has 3 rings (SSSR count). The van der Waals surface area contributed by atoms with E-state index in [2.05, 4.69) is 4.98 Å². The van der Waals surface area contributed by atoms with Gasteiger partial charge in [0.1, 0.15) is 11.5 Å². The Kier molecular flexibility index (Phi) is 5.90. The molecule has 6 heteroatoms. The number of carbonyl (C=O) groups is 1. The van der Waals surface area contributed by atoms with Crippen LogP contribution < -0.4 is 15.2 Å². The first kappa shape index (κ1) is 19.8. The zero-order valence-corrected chi connectivity index (χ0v) is 16.5. The van der Waals surface area contributed by atoms with Crippen molar-refractivity contribution in [2.24, 2.45) is 5.73 Å². The van der Waals surface area contributed by atoms with Crippen LogP contribution in [-0.4, -0.2) is 36.8 Å². The van der Waals surface area contributed by atoms with E-state index in [1.807, 2.05) is 31.2 Å². The summed E-state index contributed by atoms with van der Waals surface area (Å²) < 4.78 is 11.2. The molecule has 148 valence electrons. The Bertz CT molecular complexity index is 985. The fraction of sp³-hybridized carbons (Fsp3) is 0.318. The van der Waals surface area contributed by atoms with E-state index >= 15 is 0 Å². The van der Waals surface area contributed by atoms with E-state index in [0.717, 1.165) is 46.1 Å². The summed E-state index contributed by atoms with van der Waals surface area (Å²) in [6.45, 7) is 2.57. The Morgan fingerprint density at radius 3 is 2.36 bits per heavy atom. The van der Waals surface area contributed by atoms with Crippen LogP contribution in [0.3, 0.4) is 0 Å². The first-order valence-electron chi connectivity index (χ1n) is 9.32. The van der Waals surface area contributed by atoms with Gasteiger partial charge in [-0.25, -0.2) is 4.79 Å². The molecule has 3 aromatic rings. The van der Waals surface area contributed by atoms with Gasteiger partial charge in [0.2, 0.25) is 0 Å². The van der Waals surface area contributed by atoms with Gasteiger partial charge < -0.3 is 25.3 Å². The summed E-state index contributed by atoms with van der Waals surface area (Å²) in [5, 5.41) is 10.5. The zero-order valence-electron chi connectivity index (χ0n) is 16.5. The number of aromatic amines is 1. The van der Waals surface area contributed by atoms with Gasteiger partial charge in [0.15, 0.2) is 0 Å². The molecule has 0 aliphatic rings. The van der Waals surface area contributed by atoms with Crippen LogP contribution in [-0.2, 0) is 6.42 Å². The zero-order chi connectivity index (χ0) is 20.3. The number of benzene rings is 2. The molecular formula is C22H26N2O4. The fourth-order valence-corrected chi connectivity index (χ4v) is 3.69. The molecule has 28 heavy (non-hydrogen) atoms. The van der Waals surface area contributed by atoms with Crippen LogP contribution in [0.15, 0.2) is 30.3 Å². The lowest BCUT2D eigenvalue weighted by molar-refractivity contribution is 0.0699. The summed E-state index contributed by atoms with van der Waals surface area (Å²) in [6.07, 6.45) is 2.43. The first-order chi connectivity index (χ1) is 13.5. The predicted octanol–water partition coefficient (Wildman–Crippen LogP) is 4.14. The number of aromatic nitrogens is 1. The van der Waals surface area contributed by atoms with Crippen LogP contribution >= 0.6 is 0 Å². The Morgan fingerprint density at radius 2 is 1.79 bits per heavy atom. The molecular weight excluding hydrogens is 356 g/mol. The predicted molar refractivity (Wildman–Crippen MR) is 111 cm³/mol. The molecule has 2 aromatic carbocycles. The molecule has 0 saturated heterocycles.